The Labute approximate surface area is 158 Å². The van der Waals surface area contributed by atoms with E-state index in [0.717, 1.165) is 6.42 Å². The largest absolute Gasteiger partial charge is 0.490 e. The summed E-state index contributed by atoms with van der Waals surface area (Å²) in [5.41, 5.74) is 0.600. The molecule has 2 aromatic rings. The van der Waals surface area contributed by atoms with E-state index in [0.29, 0.717) is 36.2 Å². The number of hydrogen-bond acceptors (Lipinski definition) is 5. The van der Waals surface area contributed by atoms with Gasteiger partial charge in [0, 0.05) is 24.9 Å². The second kappa shape index (κ2) is 10.3. The molecular formula is C20H26N4O3. The van der Waals surface area contributed by atoms with Gasteiger partial charge in [0.1, 0.15) is 18.1 Å². The van der Waals surface area contributed by atoms with Crippen LogP contribution in [0.1, 0.15) is 32.4 Å². The highest BCUT2D eigenvalue weighted by Gasteiger charge is 2.10. The van der Waals surface area contributed by atoms with Gasteiger partial charge in [-0.15, -0.1) is 10.2 Å². The molecule has 0 aliphatic heterocycles. The summed E-state index contributed by atoms with van der Waals surface area (Å²) >= 11 is 0. The quantitative estimate of drug-likeness (QED) is 0.626. The first-order valence-electron chi connectivity index (χ1n) is 9.06. The minimum absolute atomic E-state index is 0.0898. The van der Waals surface area contributed by atoms with E-state index in [-0.39, 0.29) is 30.0 Å². The van der Waals surface area contributed by atoms with Gasteiger partial charge in [0.05, 0.1) is 0 Å². The number of aryl methyl sites for hydroxylation is 1. The number of nitrogens with zero attached hydrogens (tertiary/aromatic N) is 2. The third-order valence-electron chi connectivity index (χ3n) is 3.87. The molecule has 1 heterocycles. The molecule has 0 bridgehead atoms. The summed E-state index contributed by atoms with van der Waals surface area (Å²) in [6.07, 6.45) is 3.04. The number of aromatic nitrogens is 3. The fourth-order valence-electron chi connectivity index (χ4n) is 2.36. The van der Waals surface area contributed by atoms with Crippen LogP contribution in [0.3, 0.4) is 0 Å². The van der Waals surface area contributed by atoms with Gasteiger partial charge in [0.25, 0.3) is 5.56 Å². The number of amides is 1. The Hall–Kier alpha value is -2.96. The number of H-pyrrole nitrogens is 1. The highest BCUT2D eigenvalue weighted by Crippen LogP contribution is 2.19. The maximum Gasteiger partial charge on any atom is 0.273 e. The van der Waals surface area contributed by atoms with Crippen LogP contribution >= 0.6 is 0 Å². The molecule has 0 unspecified atom stereocenters. The van der Waals surface area contributed by atoms with E-state index in [1.165, 1.54) is 0 Å². The van der Waals surface area contributed by atoms with Crippen molar-refractivity contribution in [3.05, 3.63) is 53.0 Å². The van der Waals surface area contributed by atoms with Gasteiger partial charge in [0.2, 0.25) is 5.91 Å². The minimum Gasteiger partial charge on any atom is -0.490 e. The van der Waals surface area contributed by atoms with E-state index in [1.807, 2.05) is 18.2 Å². The lowest BCUT2D eigenvalue weighted by atomic mass is 10.1. The normalized spacial score (nSPS) is 10.6. The van der Waals surface area contributed by atoms with Crippen LogP contribution < -0.4 is 15.6 Å². The van der Waals surface area contributed by atoms with Gasteiger partial charge in [-0.05, 0) is 24.5 Å². The predicted octanol–water partition coefficient (Wildman–Crippen LogP) is 2.49. The van der Waals surface area contributed by atoms with Gasteiger partial charge in [-0.3, -0.25) is 9.59 Å². The summed E-state index contributed by atoms with van der Waals surface area (Å²) < 4.78 is 5.48. The Morgan fingerprint density at radius 1 is 1.37 bits per heavy atom. The number of rotatable bonds is 10. The Balaban J connectivity index is 1.98. The van der Waals surface area contributed by atoms with Gasteiger partial charge in [-0.25, -0.2) is 0 Å². The maximum atomic E-state index is 12.3. The van der Waals surface area contributed by atoms with Crippen molar-refractivity contribution in [1.29, 1.82) is 0 Å². The molecule has 0 saturated carbocycles. The van der Waals surface area contributed by atoms with Crippen molar-refractivity contribution in [2.75, 3.05) is 13.2 Å². The van der Waals surface area contributed by atoms with Crippen LogP contribution in [0.5, 0.6) is 5.75 Å². The molecule has 2 rings (SSSR count). The lowest BCUT2D eigenvalue weighted by molar-refractivity contribution is -0.121. The van der Waals surface area contributed by atoms with Crippen molar-refractivity contribution in [1.82, 2.24) is 20.5 Å². The number of ether oxygens (including phenoxy) is 1. The fourth-order valence-corrected chi connectivity index (χ4v) is 2.36. The van der Waals surface area contributed by atoms with Crippen LogP contribution in [0, 0.1) is 5.92 Å². The SMILES string of the molecule is C=CCOc1cccc(-c2nnc(CCC(=O)NCCC(C)C)c(=O)[nH]2)c1. The number of carbonyl (C=O) groups excluding carboxylic acids is 1. The Morgan fingerprint density at radius 3 is 2.89 bits per heavy atom. The zero-order valence-electron chi connectivity index (χ0n) is 15.8. The number of nitrogens with one attached hydrogen (secondary N) is 2. The lowest BCUT2D eigenvalue weighted by Crippen LogP contribution is -2.27. The monoisotopic (exact) mass is 370 g/mol. The molecule has 0 spiro atoms. The average Bonchev–Trinajstić information content (AvgIpc) is 2.65. The summed E-state index contributed by atoms with van der Waals surface area (Å²) in [6, 6.07) is 7.20. The topological polar surface area (TPSA) is 97.0 Å². The van der Waals surface area contributed by atoms with E-state index < -0.39 is 0 Å². The van der Waals surface area contributed by atoms with Gasteiger partial charge in [-0.2, -0.15) is 0 Å². The molecule has 0 aliphatic carbocycles. The summed E-state index contributed by atoms with van der Waals surface area (Å²) in [5, 5.41) is 10.9. The summed E-state index contributed by atoms with van der Waals surface area (Å²) in [4.78, 5) is 26.8. The second-order valence-corrected chi connectivity index (χ2v) is 6.61. The van der Waals surface area contributed by atoms with Crippen molar-refractivity contribution >= 4 is 5.91 Å². The van der Waals surface area contributed by atoms with Gasteiger partial charge in [-0.1, -0.05) is 38.6 Å². The number of hydrogen-bond donors (Lipinski definition) is 2. The molecule has 0 atom stereocenters. The number of aromatic amines is 1. The van der Waals surface area contributed by atoms with Crippen molar-refractivity contribution in [3.63, 3.8) is 0 Å². The smallest absolute Gasteiger partial charge is 0.273 e. The van der Waals surface area contributed by atoms with Gasteiger partial charge in [0.15, 0.2) is 5.82 Å². The van der Waals surface area contributed by atoms with Crippen LogP contribution in [0.25, 0.3) is 11.4 Å². The van der Waals surface area contributed by atoms with Crippen LogP contribution in [-0.2, 0) is 11.2 Å². The number of carbonyl (C=O) groups is 1. The van der Waals surface area contributed by atoms with Crippen LogP contribution in [0.4, 0.5) is 0 Å². The maximum absolute atomic E-state index is 12.3. The van der Waals surface area contributed by atoms with E-state index in [1.54, 1.807) is 12.1 Å². The highest BCUT2D eigenvalue weighted by atomic mass is 16.5. The van der Waals surface area contributed by atoms with E-state index in [2.05, 4.69) is 40.9 Å². The first-order valence-corrected chi connectivity index (χ1v) is 9.06. The predicted molar refractivity (Wildman–Crippen MR) is 105 cm³/mol. The van der Waals surface area contributed by atoms with Crippen LogP contribution in [-0.4, -0.2) is 34.2 Å². The van der Waals surface area contributed by atoms with Gasteiger partial charge < -0.3 is 15.0 Å². The molecule has 27 heavy (non-hydrogen) atoms. The molecule has 1 aromatic carbocycles. The van der Waals surface area contributed by atoms with Crippen molar-refractivity contribution in [3.8, 4) is 17.1 Å². The van der Waals surface area contributed by atoms with Crippen LogP contribution in [0.2, 0.25) is 0 Å². The first kappa shape index (κ1) is 20.4. The molecule has 0 saturated heterocycles. The Bertz CT molecular complexity index is 830. The van der Waals surface area contributed by atoms with Crippen molar-refractivity contribution < 1.29 is 9.53 Å². The molecule has 0 radical (unpaired) electrons. The first-order chi connectivity index (χ1) is 13.0. The second-order valence-electron chi connectivity index (χ2n) is 6.61. The Kier molecular flexibility index (Phi) is 7.73. The summed E-state index contributed by atoms with van der Waals surface area (Å²) in [7, 11) is 0. The third kappa shape index (κ3) is 6.69. The van der Waals surface area contributed by atoms with Crippen LogP contribution in [0.15, 0.2) is 41.7 Å². The Morgan fingerprint density at radius 2 is 2.19 bits per heavy atom. The zero-order valence-corrected chi connectivity index (χ0v) is 15.8. The van der Waals surface area contributed by atoms with E-state index >= 15 is 0 Å². The molecule has 7 nitrogen and oxygen atoms in total. The summed E-state index contributed by atoms with van der Waals surface area (Å²) in [6.45, 7) is 8.84. The molecule has 144 valence electrons. The van der Waals surface area contributed by atoms with Crippen molar-refractivity contribution in [2.24, 2.45) is 5.92 Å². The van der Waals surface area contributed by atoms with E-state index in [4.69, 9.17) is 4.74 Å². The average molecular weight is 370 g/mol. The minimum atomic E-state index is -0.340. The van der Waals surface area contributed by atoms with Gasteiger partial charge >= 0.3 is 0 Å². The van der Waals surface area contributed by atoms with Crippen molar-refractivity contribution in [2.45, 2.75) is 33.1 Å². The number of benzene rings is 1. The molecule has 2 N–H and O–H groups in total. The standard InChI is InChI=1S/C20H26N4O3/c1-4-12-27-16-7-5-6-15(13-16)19-22-20(26)17(23-24-19)8-9-18(25)21-11-10-14(2)3/h4-7,13-14H,1,8-12H2,2-3H3,(H,21,25)(H,22,24,26). The molecule has 0 fully saturated rings. The lowest BCUT2D eigenvalue weighted by Gasteiger charge is -2.07. The molecule has 7 heteroatoms. The highest BCUT2D eigenvalue weighted by molar-refractivity contribution is 5.76. The molecule has 0 aliphatic rings. The third-order valence-corrected chi connectivity index (χ3v) is 3.87. The molecule has 1 amide bonds. The summed E-state index contributed by atoms with van der Waals surface area (Å²) in [5.74, 6) is 1.45. The fraction of sp³-hybridized carbons (Fsp3) is 0.400. The zero-order chi connectivity index (χ0) is 19.6. The molecule has 1 aromatic heterocycles. The van der Waals surface area contributed by atoms with E-state index in [9.17, 15) is 9.59 Å². The molecular weight excluding hydrogens is 344 g/mol.